The van der Waals surface area contributed by atoms with Gasteiger partial charge in [-0.15, -0.1) is 0 Å². The number of rotatable bonds is 33. The van der Waals surface area contributed by atoms with Gasteiger partial charge >= 0.3 is 19.8 Å². The minimum Gasteiger partial charge on any atom is -0.462 e. The SMILES string of the molecule is CC/C=C\C[C@H](O)/C=C/C=C/C=C\C=C/[C@@H](O)[C@H](O)CCCC(=O)O[C@H](COC(=O)CCC/C=C\C/C=C\C/C=C\C/C=C\CCCCC)COP(=O)(O)O. The van der Waals surface area contributed by atoms with Crippen LogP contribution in [0, 0.1) is 0 Å². The zero-order valence-electron chi connectivity index (χ0n) is 32.9. The van der Waals surface area contributed by atoms with Gasteiger partial charge in [-0.3, -0.25) is 14.1 Å². The maximum atomic E-state index is 12.4. The molecule has 0 fully saturated rings. The van der Waals surface area contributed by atoms with Crippen molar-refractivity contribution in [3.05, 3.63) is 109 Å². The van der Waals surface area contributed by atoms with Gasteiger partial charge in [-0.2, -0.15) is 0 Å². The number of aliphatic hydroxyl groups is 3. The third-order valence-corrected chi connectivity index (χ3v) is 8.10. The summed E-state index contributed by atoms with van der Waals surface area (Å²) in [6.07, 6.45) is 40.5. The van der Waals surface area contributed by atoms with Crippen molar-refractivity contribution in [2.24, 2.45) is 0 Å². The number of esters is 2. The van der Waals surface area contributed by atoms with Gasteiger partial charge in [-0.25, -0.2) is 4.57 Å². The van der Waals surface area contributed by atoms with Crippen LogP contribution in [-0.2, 0) is 28.2 Å². The lowest BCUT2D eigenvalue weighted by atomic mass is 10.1. The summed E-state index contributed by atoms with van der Waals surface area (Å²) in [5.41, 5.74) is 0. The summed E-state index contributed by atoms with van der Waals surface area (Å²) in [5.74, 6) is -1.30. The Labute approximate surface area is 329 Å². The second-order valence-corrected chi connectivity index (χ2v) is 14.0. The van der Waals surface area contributed by atoms with Crippen molar-refractivity contribution >= 4 is 19.8 Å². The molecule has 0 bridgehead atoms. The Hall–Kier alpha value is -3.41. The number of ether oxygens (including phenoxy) is 2. The number of aliphatic hydroxyl groups excluding tert-OH is 3. The molecule has 0 aromatic carbocycles. The molecular formula is C43H67O11P. The van der Waals surface area contributed by atoms with E-state index in [2.05, 4.69) is 47.9 Å². The maximum absolute atomic E-state index is 12.4. The van der Waals surface area contributed by atoms with E-state index >= 15 is 0 Å². The molecule has 12 heteroatoms. The van der Waals surface area contributed by atoms with Crippen molar-refractivity contribution in [2.75, 3.05) is 13.2 Å². The Morgan fingerprint density at radius 1 is 0.636 bits per heavy atom. The Morgan fingerprint density at radius 3 is 1.80 bits per heavy atom. The molecule has 0 aromatic rings. The Bertz CT molecular complexity index is 1300. The average molecular weight is 791 g/mol. The fraction of sp³-hybridized carbons (Fsp3) is 0.535. The highest BCUT2D eigenvalue weighted by Crippen LogP contribution is 2.36. The molecular weight excluding hydrogens is 723 g/mol. The summed E-state index contributed by atoms with van der Waals surface area (Å²) in [7, 11) is -4.87. The van der Waals surface area contributed by atoms with Crippen LogP contribution >= 0.6 is 7.82 Å². The van der Waals surface area contributed by atoms with Crippen molar-refractivity contribution in [1.82, 2.24) is 0 Å². The zero-order chi connectivity index (χ0) is 40.8. The van der Waals surface area contributed by atoms with Crippen molar-refractivity contribution in [1.29, 1.82) is 0 Å². The highest BCUT2D eigenvalue weighted by atomic mass is 31.2. The first-order valence-corrected chi connectivity index (χ1v) is 21.0. The van der Waals surface area contributed by atoms with E-state index in [0.29, 0.717) is 19.3 Å². The minimum atomic E-state index is -4.87. The standard InChI is InChI=1S/C43H67O11P/c1-3-5-7-8-9-10-11-12-13-14-15-16-17-18-19-24-28-34-42(47)52-36-39(37-53-55(49,50)51)54-43(48)35-29-33-41(46)40(45)32-27-23-21-20-22-26-31-38(44)30-25-6-4-2/h6,9-10,12-13,15-16,18-23,25-27,31-32,38-41,44-46H,3-5,7-8,11,14,17,24,28-30,33-37H2,1-2H3,(H2,49,50,51)/b10-9-,13-12-,16-15-,19-18-,22-20+,23-21-,25-6-,31-26+,32-27-/t38-,39+,40+,41+/m0/s1. The molecule has 5 N–H and O–H groups in total. The van der Waals surface area contributed by atoms with Crippen LogP contribution in [0.25, 0.3) is 0 Å². The second-order valence-electron chi connectivity index (χ2n) is 12.7. The molecule has 0 rings (SSSR count). The normalized spacial score (nSPS) is 15.4. The lowest BCUT2D eigenvalue weighted by molar-refractivity contribution is -0.161. The van der Waals surface area contributed by atoms with E-state index in [1.165, 1.54) is 25.3 Å². The molecule has 0 aliphatic heterocycles. The summed E-state index contributed by atoms with van der Waals surface area (Å²) in [5, 5.41) is 30.2. The number of unbranched alkanes of at least 4 members (excludes halogenated alkanes) is 4. The van der Waals surface area contributed by atoms with E-state index in [9.17, 15) is 29.5 Å². The summed E-state index contributed by atoms with van der Waals surface area (Å²) in [6, 6.07) is 0. The fourth-order valence-electron chi connectivity index (χ4n) is 4.59. The smallest absolute Gasteiger partial charge is 0.462 e. The zero-order valence-corrected chi connectivity index (χ0v) is 33.7. The second kappa shape index (κ2) is 36.2. The van der Waals surface area contributed by atoms with Gasteiger partial charge in [0.15, 0.2) is 6.10 Å². The summed E-state index contributed by atoms with van der Waals surface area (Å²) >= 11 is 0. The quantitative estimate of drug-likeness (QED) is 0.0141. The van der Waals surface area contributed by atoms with E-state index in [4.69, 9.17) is 19.3 Å². The largest absolute Gasteiger partial charge is 0.469 e. The third-order valence-electron chi connectivity index (χ3n) is 7.62. The number of carbonyl (C=O) groups excluding carboxylic acids is 2. The number of hydrogen-bond acceptors (Lipinski definition) is 9. The lowest BCUT2D eigenvalue weighted by Gasteiger charge is -2.19. The highest BCUT2D eigenvalue weighted by molar-refractivity contribution is 7.46. The molecule has 0 saturated heterocycles. The molecule has 0 unspecified atom stereocenters. The molecule has 4 atom stereocenters. The molecule has 0 spiro atoms. The van der Waals surface area contributed by atoms with E-state index in [1.807, 2.05) is 31.2 Å². The average Bonchev–Trinajstić information content (AvgIpc) is 3.14. The number of allylic oxidation sites excluding steroid dienone is 15. The van der Waals surface area contributed by atoms with Gasteiger partial charge in [0.1, 0.15) is 6.61 Å². The van der Waals surface area contributed by atoms with Gasteiger partial charge < -0.3 is 34.6 Å². The van der Waals surface area contributed by atoms with Crippen molar-refractivity contribution in [3.8, 4) is 0 Å². The van der Waals surface area contributed by atoms with Gasteiger partial charge in [-0.05, 0) is 70.6 Å². The van der Waals surface area contributed by atoms with Crippen LogP contribution in [0.5, 0.6) is 0 Å². The van der Waals surface area contributed by atoms with Crippen LogP contribution in [0.4, 0.5) is 0 Å². The van der Waals surface area contributed by atoms with Crippen LogP contribution in [0.1, 0.15) is 110 Å². The molecule has 55 heavy (non-hydrogen) atoms. The summed E-state index contributed by atoms with van der Waals surface area (Å²) in [6.45, 7) is 3.10. The third kappa shape index (κ3) is 37.3. The topological polar surface area (TPSA) is 180 Å². The van der Waals surface area contributed by atoms with Gasteiger partial charge in [0.2, 0.25) is 0 Å². The van der Waals surface area contributed by atoms with E-state index in [-0.39, 0.29) is 25.7 Å². The molecule has 11 nitrogen and oxygen atoms in total. The molecule has 0 aliphatic carbocycles. The number of phosphoric ester groups is 1. The Kier molecular flexibility index (Phi) is 34.0. The lowest BCUT2D eigenvalue weighted by Crippen LogP contribution is -2.29. The fourth-order valence-corrected chi connectivity index (χ4v) is 4.95. The molecule has 0 saturated carbocycles. The first-order valence-electron chi connectivity index (χ1n) is 19.5. The minimum absolute atomic E-state index is 0.0723. The number of carbonyl (C=O) groups is 2. The van der Waals surface area contributed by atoms with Crippen LogP contribution < -0.4 is 0 Å². The first-order chi connectivity index (χ1) is 26.5. The van der Waals surface area contributed by atoms with Crippen LogP contribution in [0.15, 0.2) is 109 Å². The number of phosphoric acid groups is 1. The Balaban J connectivity index is 4.43. The van der Waals surface area contributed by atoms with Crippen molar-refractivity contribution < 1.29 is 53.3 Å². The number of hydrogen-bond donors (Lipinski definition) is 5. The van der Waals surface area contributed by atoms with Crippen LogP contribution in [0.2, 0.25) is 0 Å². The highest BCUT2D eigenvalue weighted by Gasteiger charge is 2.23. The van der Waals surface area contributed by atoms with Crippen molar-refractivity contribution in [3.63, 3.8) is 0 Å². The van der Waals surface area contributed by atoms with Crippen molar-refractivity contribution in [2.45, 2.75) is 135 Å². The Morgan fingerprint density at radius 2 is 1.20 bits per heavy atom. The van der Waals surface area contributed by atoms with Gasteiger partial charge in [0.05, 0.1) is 24.9 Å². The summed E-state index contributed by atoms with van der Waals surface area (Å²) in [4.78, 5) is 42.8. The van der Waals surface area contributed by atoms with Crippen LogP contribution in [-0.4, -0.2) is 74.7 Å². The van der Waals surface area contributed by atoms with E-state index in [0.717, 1.165) is 32.1 Å². The van der Waals surface area contributed by atoms with Gasteiger partial charge in [-0.1, -0.05) is 136 Å². The van der Waals surface area contributed by atoms with Gasteiger partial charge in [0, 0.05) is 12.8 Å². The molecule has 0 heterocycles. The predicted octanol–water partition coefficient (Wildman–Crippen LogP) is 8.53. The monoisotopic (exact) mass is 790 g/mol. The molecule has 310 valence electrons. The maximum Gasteiger partial charge on any atom is 0.469 e. The molecule has 0 aliphatic rings. The first kappa shape index (κ1) is 51.6. The molecule has 0 amide bonds. The van der Waals surface area contributed by atoms with Crippen LogP contribution in [0.3, 0.4) is 0 Å². The molecule has 0 aromatic heterocycles. The molecule has 0 radical (unpaired) electrons. The predicted molar refractivity (Wildman–Crippen MR) is 220 cm³/mol. The van der Waals surface area contributed by atoms with E-state index in [1.54, 1.807) is 42.5 Å². The van der Waals surface area contributed by atoms with Gasteiger partial charge in [0.25, 0.3) is 0 Å². The van der Waals surface area contributed by atoms with E-state index < -0.39 is 57.4 Å². The summed E-state index contributed by atoms with van der Waals surface area (Å²) < 4.78 is 26.1.